The highest BCUT2D eigenvalue weighted by atomic mass is 35.5. The summed E-state index contributed by atoms with van der Waals surface area (Å²) in [6.07, 6.45) is -1.16. The van der Waals surface area contributed by atoms with Crippen LogP contribution in [0.2, 0.25) is 5.02 Å². The van der Waals surface area contributed by atoms with Crippen molar-refractivity contribution in [1.29, 1.82) is 0 Å². The summed E-state index contributed by atoms with van der Waals surface area (Å²) < 4.78 is 43.9. The highest BCUT2D eigenvalue weighted by Gasteiger charge is 2.32. The molecule has 1 saturated carbocycles. The van der Waals surface area contributed by atoms with Crippen molar-refractivity contribution in [2.75, 3.05) is 0 Å². The Hall–Kier alpha value is -2.58. The van der Waals surface area contributed by atoms with Crippen LogP contribution >= 0.6 is 11.6 Å². The lowest BCUT2D eigenvalue weighted by Crippen LogP contribution is -2.18. The minimum Gasteiger partial charge on any atom is -0.406 e. The first-order chi connectivity index (χ1) is 15.4. The summed E-state index contributed by atoms with van der Waals surface area (Å²) in [5.74, 6) is 2.09. The Balaban J connectivity index is 1.35. The molecule has 5 nitrogen and oxygen atoms in total. The summed E-state index contributed by atoms with van der Waals surface area (Å²) in [7, 11) is 0. The molecule has 168 valence electrons. The van der Waals surface area contributed by atoms with E-state index in [0.29, 0.717) is 18.1 Å². The van der Waals surface area contributed by atoms with Gasteiger partial charge in [0.2, 0.25) is 0 Å². The molecule has 1 fully saturated rings. The predicted octanol–water partition coefficient (Wildman–Crippen LogP) is 5.86. The SMILES string of the molecule is FC(F)(F)Oc1cccc(C2CCC(c3nnc4n3-c3ccc(Cl)cc3CNC4)CC2)c1. The molecular weight excluding hydrogens is 441 g/mol. The molecule has 5 rings (SSSR count). The number of halogens is 4. The Morgan fingerprint density at radius 1 is 0.969 bits per heavy atom. The van der Waals surface area contributed by atoms with Gasteiger partial charge in [-0.25, -0.2) is 0 Å². The molecule has 2 aliphatic rings. The third kappa shape index (κ3) is 4.34. The fourth-order valence-corrected chi connectivity index (χ4v) is 5.04. The zero-order valence-corrected chi connectivity index (χ0v) is 18.0. The molecule has 1 aromatic heterocycles. The highest BCUT2D eigenvalue weighted by Crippen LogP contribution is 2.42. The van der Waals surface area contributed by atoms with Crippen LogP contribution in [0.15, 0.2) is 42.5 Å². The van der Waals surface area contributed by atoms with Crippen molar-refractivity contribution in [2.24, 2.45) is 0 Å². The summed E-state index contributed by atoms with van der Waals surface area (Å²) in [4.78, 5) is 0. The van der Waals surface area contributed by atoms with E-state index >= 15 is 0 Å². The molecule has 9 heteroatoms. The van der Waals surface area contributed by atoms with Crippen molar-refractivity contribution >= 4 is 11.6 Å². The molecule has 1 aliphatic carbocycles. The Morgan fingerprint density at radius 3 is 2.53 bits per heavy atom. The topological polar surface area (TPSA) is 52.0 Å². The van der Waals surface area contributed by atoms with Gasteiger partial charge in [0.05, 0.1) is 12.2 Å². The molecule has 1 N–H and O–H groups in total. The number of fused-ring (bicyclic) bond motifs is 3. The van der Waals surface area contributed by atoms with Crippen molar-refractivity contribution in [2.45, 2.75) is 57.0 Å². The Morgan fingerprint density at radius 2 is 1.75 bits per heavy atom. The largest absolute Gasteiger partial charge is 0.573 e. The molecule has 0 bridgehead atoms. The minimum absolute atomic E-state index is 0.164. The minimum atomic E-state index is -4.68. The van der Waals surface area contributed by atoms with E-state index in [1.807, 2.05) is 24.3 Å². The third-order valence-electron chi connectivity index (χ3n) is 6.29. The number of ether oxygens (including phenoxy) is 1. The maximum Gasteiger partial charge on any atom is 0.573 e. The van der Waals surface area contributed by atoms with Crippen LogP contribution in [0.1, 0.15) is 60.3 Å². The zero-order valence-electron chi connectivity index (χ0n) is 17.2. The Bertz CT molecular complexity index is 1120. The lowest BCUT2D eigenvalue weighted by Gasteiger charge is -2.29. The molecule has 0 spiro atoms. The second-order valence-corrected chi connectivity index (χ2v) is 8.79. The molecule has 0 amide bonds. The van der Waals surface area contributed by atoms with Gasteiger partial charge < -0.3 is 10.1 Å². The number of benzene rings is 2. The van der Waals surface area contributed by atoms with E-state index in [4.69, 9.17) is 11.6 Å². The first-order valence-electron chi connectivity index (χ1n) is 10.7. The van der Waals surface area contributed by atoms with Crippen LogP contribution in [-0.4, -0.2) is 21.1 Å². The highest BCUT2D eigenvalue weighted by molar-refractivity contribution is 6.30. The van der Waals surface area contributed by atoms with Gasteiger partial charge in [-0.15, -0.1) is 23.4 Å². The monoisotopic (exact) mass is 462 g/mol. The summed E-state index contributed by atoms with van der Waals surface area (Å²) in [5, 5.41) is 13.0. The van der Waals surface area contributed by atoms with E-state index in [1.54, 1.807) is 6.07 Å². The maximum atomic E-state index is 12.6. The van der Waals surface area contributed by atoms with Crippen LogP contribution in [0.25, 0.3) is 5.69 Å². The van der Waals surface area contributed by atoms with Gasteiger partial charge in [-0.2, -0.15) is 0 Å². The van der Waals surface area contributed by atoms with E-state index in [0.717, 1.165) is 54.1 Å². The number of nitrogens with zero attached hydrogens (tertiary/aromatic N) is 3. The summed E-state index contributed by atoms with van der Waals surface area (Å²) in [5.41, 5.74) is 3.04. The second-order valence-electron chi connectivity index (χ2n) is 8.36. The van der Waals surface area contributed by atoms with E-state index in [-0.39, 0.29) is 17.6 Å². The summed E-state index contributed by atoms with van der Waals surface area (Å²) in [6, 6.07) is 12.2. The molecule has 2 heterocycles. The lowest BCUT2D eigenvalue weighted by molar-refractivity contribution is -0.274. The first kappa shape index (κ1) is 21.3. The Labute approximate surface area is 188 Å². The average Bonchev–Trinajstić information content (AvgIpc) is 3.08. The van der Waals surface area contributed by atoms with Crippen molar-refractivity contribution < 1.29 is 17.9 Å². The fourth-order valence-electron chi connectivity index (χ4n) is 4.85. The van der Waals surface area contributed by atoms with Gasteiger partial charge in [0.1, 0.15) is 11.6 Å². The Kier molecular flexibility index (Phi) is 5.59. The van der Waals surface area contributed by atoms with Crippen LogP contribution in [0.5, 0.6) is 5.75 Å². The molecule has 2 aromatic carbocycles. The van der Waals surface area contributed by atoms with Crippen molar-refractivity contribution in [1.82, 2.24) is 20.1 Å². The molecule has 0 atom stereocenters. The number of rotatable bonds is 3. The van der Waals surface area contributed by atoms with E-state index < -0.39 is 6.36 Å². The molecule has 0 saturated heterocycles. The fraction of sp³-hybridized carbons (Fsp3) is 0.391. The van der Waals surface area contributed by atoms with Crippen LogP contribution in [0, 0.1) is 0 Å². The number of nitrogens with one attached hydrogen (secondary N) is 1. The normalized spacial score (nSPS) is 20.9. The van der Waals surface area contributed by atoms with Crippen LogP contribution in [-0.2, 0) is 13.1 Å². The zero-order chi connectivity index (χ0) is 22.3. The van der Waals surface area contributed by atoms with Gasteiger partial charge in [0.15, 0.2) is 5.82 Å². The summed E-state index contributed by atoms with van der Waals surface area (Å²) in [6.45, 7) is 1.34. The van der Waals surface area contributed by atoms with Gasteiger partial charge in [0, 0.05) is 17.5 Å². The van der Waals surface area contributed by atoms with Crippen molar-refractivity contribution in [3.05, 3.63) is 70.3 Å². The van der Waals surface area contributed by atoms with Crippen LogP contribution in [0.3, 0.4) is 0 Å². The number of hydrogen-bond donors (Lipinski definition) is 1. The molecular formula is C23H22ClF3N4O. The number of aromatic nitrogens is 3. The molecule has 32 heavy (non-hydrogen) atoms. The third-order valence-corrected chi connectivity index (χ3v) is 6.53. The molecule has 0 radical (unpaired) electrons. The molecule has 0 unspecified atom stereocenters. The van der Waals surface area contributed by atoms with Gasteiger partial charge in [-0.3, -0.25) is 4.57 Å². The van der Waals surface area contributed by atoms with E-state index in [1.165, 1.54) is 12.1 Å². The summed E-state index contributed by atoms with van der Waals surface area (Å²) >= 11 is 6.20. The number of alkyl halides is 3. The molecule has 1 aliphatic heterocycles. The number of hydrogen-bond acceptors (Lipinski definition) is 4. The second kappa shape index (κ2) is 8.41. The van der Waals surface area contributed by atoms with Crippen LogP contribution in [0.4, 0.5) is 13.2 Å². The van der Waals surface area contributed by atoms with Gasteiger partial charge in [-0.05, 0) is 73.1 Å². The average molecular weight is 463 g/mol. The molecule has 3 aromatic rings. The van der Waals surface area contributed by atoms with Gasteiger partial charge in [-0.1, -0.05) is 23.7 Å². The smallest absolute Gasteiger partial charge is 0.406 e. The lowest BCUT2D eigenvalue weighted by atomic mass is 9.78. The van der Waals surface area contributed by atoms with Gasteiger partial charge >= 0.3 is 6.36 Å². The van der Waals surface area contributed by atoms with Crippen molar-refractivity contribution in [3.63, 3.8) is 0 Å². The van der Waals surface area contributed by atoms with Crippen LogP contribution < -0.4 is 10.1 Å². The van der Waals surface area contributed by atoms with E-state index in [2.05, 4.69) is 24.8 Å². The maximum absolute atomic E-state index is 12.6. The predicted molar refractivity (Wildman–Crippen MR) is 114 cm³/mol. The van der Waals surface area contributed by atoms with Crippen molar-refractivity contribution in [3.8, 4) is 11.4 Å². The van der Waals surface area contributed by atoms with Gasteiger partial charge in [0.25, 0.3) is 0 Å². The standard InChI is InChI=1S/C23H22ClF3N4O/c24-18-8-9-20-17(10-18)12-28-13-21-29-30-22(31(20)21)15-6-4-14(5-7-15)16-2-1-3-19(11-16)32-23(25,26)27/h1-3,8-11,14-15,28H,4-7,12-13H2. The first-order valence-corrected chi connectivity index (χ1v) is 11.0. The van der Waals surface area contributed by atoms with E-state index in [9.17, 15) is 13.2 Å². The quantitative estimate of drug-likeness (QED) is 0.529.